The molecule has 2 fully saturated rings. The summed E-state index contributed by atoms with van der Waals surface area (Å²) in [4.78, 5) is 27.1. The molecule has 0 bridgehead atoms. The first-order chi connectivity index (χ1) is 16.1. The third-order valence-corrected chi connectivity index (χ3v) is 7.16. The van der Waals surface area contributed by atoms with Crippen LogP contribution < -0.4 is 16.0 Å². The maximum absolute atomic E-state index is 13.0. The largest absolute Gasteiger partial charge is 0.381 e. The highest BCUT2D eigenvalue weighted by molar-refractivity contribution is 6.01. The number of benzene rings is 2. The Morgan fingerprint density at radius 3 is 2.58 bits per heavy atom. The lowest BCUT2D eigenvalue weighted by Crippen LogP contribution is -2.49. The molecule has 3 aliphatic rings. The van der Waals surface area contributed by atoms with Gasteiger partial charge in [0.25, 0.3) is 5.91 Å². The van der Waals surface area contributed by atoms with Crippen LogP contribution in [0.15, 0.2) is 60.8 Å². The minimum Gasteiger partial charge on any atom is -0.381 e. The number of nitrogens with zero attached hydrogens (tertiary/aromatic N) is 1. The van der Waals surface area contributed by atoms with Gasteiger partial charge in [0, 0.05) is 42.1 Å². The van der Waals surface area contributed by atoms with Crippen LogP contribution in [0.5, 0.6) is 0 Å². The van der Waals surface area contributed by atoms with Gasteiger partial charge in [-0.15, -0.1) is 0 Å². The van der Waals surface area contributed by atoms with Crippen molar-refractivity contribution in [1.82, 2.24) is 15.5 Å². The normalized spacial score (nSPS) is 25.0. The molecule has 33 heavy (non-hydrogen) atoms. The van der Waals surface area contributed by atoms with Crippen LogP contribution in [0.4, 0.5) is 5.69 Å². The van der Waals surface area contributed by atoms with Crippen molar-refractivity contribution < 1.29 is 9.59 Å². The molecule has 1 aliphatic carbocycles. The molecule has 2 aliphatic heterocycles. The number of fused-ring (bicyclic) bond motifs is 1. The van der Waals surface area contributed by atoms with E-state index < -0.39 is 6.04 Å². The maximum Gasteiger partial charge on any atom is 0.255 e. The van der Waals surface area contributed by atoms with Crippen molar-refractivity contribution in [1.29, 1.82) is 0 Å². The van der Waals surface area contributed by atoms with Gasteiger partial charge < -0.3 is 20.9 Å². The van der Waals surface area contributed by atoms with E-state index in [1.165, 1.54) is 18.4 Å². The molecule has 0 radical (unpaired) electrons. The van der Waals surface area contributed by atoms with Gasteiger partial charge in [-0.05, 0) is 55.0 Å². The van der Waals surface area contributed by atoms with Crippen LogP contribution in [0.1, 0.15) is 60.0 Å². The van der Waals surface area contributed by atoms with Crippen LogP contribution in [-0.2, 0) is 17.9 Å². The fourth-order valence-corrected chi connectivity index (χ4v) is 5.35. The van der Waals surface area contributed by atoms with Crippen molar-refractivity contribution in [2.24, 2.45) is 0 Å². The predicted octanol–water partition coefficient (Wildman–Crippen LogP) is 3.95. The third kappa shape index (κ3) is 4.67. The molecule has 3 atom stereocenters. The Hall–Kier alpha value is -3.12. The zero-order chi connectivity index (χ0) is 22.8. The lowest BCUT2D eigenvalue weighted by atomic mass is 9.89. The van der Waals surface area contributed by atoms with Gasteiger partial charge in [0.15, 0.2) is 0 Å². The molecule has 6 nitrogen and oxygen atoms in total. The van der Waals surface area contributed by atoms with E-state index in [1.807, 2.05) is 18.2 Å². The van der Waals surface area contributed by atoms with Crippen LogP contribution in [0.3, 0.4) is 0 Å². The highest BCUT2D eigenvalue weighted by Gasteiger charge is 2.38. The smallest absolute Gasteiger partial charge is 0.255 e. The molecule has 2 aromatic rings. The summed E-state index contributed by atoms with van der Waals surface area (Å²) >= 11 is 0. The maximum atomic E-state index is 13.0. The predicted molar refractivity (Wildman–Crippen MR) is 130 cm³/mol. The van der Waals surface area contributed by atoms with E-state index in [-0.39, 0.29) is 11.8 Å². The first kappa shape index (κ1) is 21.7. The van der Waals surface area contributed by atoms with Crippen molar-refractivity contribution in [3.63, 3.8) is 0 Å². The van der Waals surface area contributed by atoms with Gasteiger partial charge in [-0.3, -0.25) is 9.59 Å². The second-order valence-electron chi connectivity index (χ2n) is 9.46. The fourth-order valence-electron chi connectivity index (χ4n) is 5.35. The number of carbonyl (C=O) groups is 2. The average molecular weight is 445 g/mol. The van der Waals surface area contributed by atoms with E-state index in [4.69, 9.17) is 0 Å². The van der Waals surface area contributed by atoms with Gasteiger partial charge in [-0.25, -0.2) is 0 Å². The molecule has 0 aromatic heterocycles. The number of hydrogen-bond acceptors (Lipinski definition) is 4. The molecule has 1 saturated carbocycles. The number of nitrogens with one attached hydrogen (secondary N) is 3. The molecule has 1 unspecified atom stereocenters. The van der Waals surface area contributed by atoms with Gasteiger partial charge in [-0.2, -0.15) is 0 Å². The number of amides is 2. The van der Waals surface area contributed by atoms with Crippen molar-refractivity contribution in [3.05, 3.63) is 77.5 Å². The lowest BCUT2D eigenvalue weighted by Gasteiger charge is -2.34. The molecular formula is C27H32N4O2. The van der Waals surface area contributed by atoms with Crippen molar-refractivity contribution in [2.45, 2.75) is 69.7 Å². The van der Waals surface area contributed by atoms with Crippen molar-refractivity contribution >= 4 is 17.5 Å². The van der Waals surface area contributed by atoms with E-state index in [0.29, 0.717) is 37.0 Å². The van der Waals surface area contributed by atoms with Gasteiger partial charge >= 0.3 is 0 Å². The molecule has 3 N–H and O–H groups in total. The summed E-state index contributed by atoms with van der Waals surface area (Å²) in [6.07, 6.45) is 6.09. The van der Waals surface area contributed by atoms with Crippen LogP contribution in [0.2, 0.25) is 0 Å². The molecule has 0 spiro atoms. The van der Waals surface area contributed by atoms with Crippen molar-refractivity contribution in [3.8, 4) is 0 Å². The Bertz CT molecular complexity index is 1050. The average Bonchev–Trinajstić information content (AvgIpc) is 3.14. The minimum absolute atomic E-state index is 0.0516. The summed E-state index contributed by atoms with van der Waals surface area (Å²) in [6.45, 7) is 5.19. The minimum atomic E-state index is -0.420. The number of anilines is 1. The molecule has 172 valence electrons. The Kier molecular flexibility index (Phi) is 6.18. The van der Waals surface area contributed by atoms with Crippen LogP contribution in [0, 0.1) is 0 Å². The van der Waals surface area contributed by atoms with E-state index in [0.717, 1.165) is 36.3 Å². The summed E-state index contributed by atoms with van der Waals surface area (Å²) < 4.78 is 0. The Morgan fingerprint density at radius 2 is 1.79 bits per heavy atom. The zero-order valence-corrected chi connectivity index (χ0v) is 19.0. The van der Waals surface area contributed by atoms with Crippen LogP contribution in [0.25, 0.3) is 0 Å². The van der Waals surface area contributed by atoms with Gasteiger partial charge in [0.05, 0.1) is 0 Å². The van der Waals surface area contributed by atoms with Crippen LogP contribution >= 0.6 is 0 Å². The molecule has 1 saturated heterocycles. The number of piperidine rings is 1. The van der Waals surface area contributed by atoms with Crippen LogP contribution in [-0.4, -0.2) is 34.8 Å². The Morgan fingerprint density at radius 1 is 1.00 bits per heavy atom. The monoisotopic (exact) mass is 444 g/mol. The summed E-state index contributed by atoms with van der Waals surface area (Å²) in [5.41, 5.74) is 4.78. The molecule has 2 aromatic carbocycles. The Balaban J connectivity index is 1.25. The molecule has 2 heterocycles. The quantitative estimate of drug-likeness (QED) is 0.631. The molecule has 2 amide bonds. The lowest BCUT2D eigenvalue weighted by molar-refractivity contribution is -0.126. The molecule has 5 rings (SSSR count). The van der Waals surface area contributed by atoms with Gasteiger partial charge in [0.1, 0.15) is 6.04 Å². The topological polar surface area (TPSA) is 73.5 Å². The number of allylic oxidation sites excluding steroid dienone is 1. The van der Waals surface area contributed by atoms with E-state index in [2.05, 4.69) is 52.9 Å². The summed E-state index contributed by atoms with van der Waals surface area (Å²) in [5, 5.41) is 10.3. The standard InChI is InChI=1S/C27H32N4O2/c1-18-11-14-25(26(32)29-18)31-17-20-15-21(12-13-22(20)27(31)33)30-24-10-6-5-9-23(24)28-16-19-7-3-2-4-8-19/h2-4,7-8,12-13,15,23-25,28,30H,1,5-6,9-11,14,16-17H2,(H,29,32)/t23-,24-,25?/m0/s1. The van der Waals surface area contributed by atoms with Gasteiger partial charge in [-0.1, -0.05) is 49.8 Å². The first-order valence-corrected chi connectivity index (χ1v) is 12.0. The van der Waals surface area contributed by atoms with Gasteiger partial charge in [0.2, 0.25) is 5.91 Å². The van der Waals surface area contributed by atoms with E-state index in [1.54, 1.807) is 4.90 Å². The summed E-state index contributed by atoms with van der Waals surface area (Å²) in [7, 11) is 0. The summed E-state index contributed by atoms with van der Waals surface area (Å²) in [6, 6.07) is 16.9. The third-order valence-electron chi connectivity index (χ3n) is 7.16. The second kappa shape index (κ2) is 9.40. The second-order valence-corrected chi connectivity index (χ2v) is 9.46. The number of rotatable bonds is 6. The zero-order valence-electron chi connectivity index (χ0n) is 19.0. The Labute approximate surface area is 195 Å². The number of carbonyl (C=O) groups excluding carboxylic acids is 2. The fraction of sp³-hybridized carbons (Fsp3) is 0.407. The highest BCUT2D eigenvalue weighted by Crippen LogP contribution is 2.31. The molecule has 6 heteroatoms. The van der Waals surface area contributed by atoms with E-state index in [9.17, 15) is 9.59 Å². The summed E-state index contributed by atoms with van der Waals surface area (Å²) in [5.74, 6) is -0.176. The highest BCUT2D eigenvalue weighted by atomic mass is 16.2. The van der Waals surface area contributed by atoms with Crippen molar-refractivity contribution in [2.75, 3.05) is 5.32 Å². The SMILES string of the molecule is C=C1CCC(N2Cc3cc(N[C@H]4CCCC[C@@H]4NCc4ccccc4)ccc3C2=O)C(=O)N1. The molecular weight excluding hydrogens is 412 g/mol. The first-order valence-electron chi connectivity index (χ1n) is 12.0. The van der Waals surface area contributed by atoms with E-state index >= 15 is 0 Å². The number of hydrogen-bond donors (Lipinski definition) is 3.